The lowest BCUT2D eigenvalue weighted by Crippen LogP contribution is -2.44. The number of carbonyl (C=O) groups is 2. The topological polar surface area (TPSA) is 52.6 Å². The van der Waals surface area contributed by atoms with E-state index in [4.69, 9.17) is 9.47 Å². The molecule has 2 aromatic carbocycles. The van der Waals surface area contributed by atoms with Gasteiger partial charge in [-0.15, -0.1) is 0 Å². The van der Waals surface area contributed by atoms with Gasteiger partial charge in [0.15, 0.2) is 0 Å². The third kappa shape index (κ3) is 2.26. The van der Waals surface area contributed by atoms with E-state index in [0.717, 1.165) is 11.1 Å². The lowest BCUT2D eigenvalue weighted by atomic mass is 9.90. The Morgan fingerprint density at radius 2 is 1.18 bits per heavy atom. The van der Waals surface area contributed by atoms with Crippen molar-refractivity contribution in [3.8, 4) is 0 Å². The Bertz CT molecular complexity index is 685. The van der Waals surface area contributed by atoms with Crippen molar-refractivity contribution in [1.82, 2.24) is 0 Å². The number of ether oxygens (including phenoxy) is 2. The predicted molar refractivity (Wildman–Crippen MR) is 79.9 cm³/mol. The average molecular weight is 296 g/mol. The van der Waals surface area contributed by atoms with Gasteiger partial charge in [0.05, 0.1) is 0 Å². The zero-order chi connectivity index (χ0) is 15.7. The second-order valence-corrected chi connectivity index (χ2v) is 5.37. The van der Waals surface area contributed by atoms with Gasteiger partial charge in [0.1, 0.15) is 6.42 Å². The van der Waals surface area contributed by atoms with E-state index in [-0.39, 0.29) is 6.42 Å². The fourth-order valence-electron chi connectivity index (χ4n) is 2.78. The zero-order valence-corrected chi connectivity index (χ0v) is 12.5. The molecule has 22 heavy (non-hydrogen) atoms. The van der Waals surface area contributed by atoms with Gasteiger partial charge in [0.2, 0.25) is 0 Å². The fraction of sp³-hybridized carbons (Fsp3) is 0.222. The van der Waals surface area contributed by atoms with Gasteiger partial charge in [0, 0.05) is 11.1 Å². The van der Waals surface area contributed by atoms with Crippen LogP contribution in [0.15, 0.2) is 48.5 Å². The van der Waals surface area contributed by atoms with Crippen LogP contribution in [0.25, 0.3) is 0 Å². The molecule has 1 saturated heterocycles. The number of aryl methyl sites for hydroxylation is 2. The first kappa shape index (κ1) is 14.3. The minimum absolute atomic E-state index is 0.362. The van der Waals surface area contributed by atoms with Crippen LogP contribution in [-0.2, 0) is 24.8 Å². The highest BCUT2D eigenvalue weighted by Crippen LogP contribution is 2.41. The number of benzene rings is 2. The van der Waals surface area contributed by atoms with Gasteiger partial charge >= 0.3 is 17.7 Å². The number of hydrogen-bond donors (Lipinski definition) is 0. The van der Waals surface area contributed by atoms with Crippen molar-refractivity contribution in [3.05, 3.63) is 70.8 Å². The minimum atomic E-state index is -1.51. The van der Waals surface area contributed by atoms with E-state index >= 15 is 0 Å². The third-order valence-electron chi connectivity index (χ3n) is 3.80. The number of hydrogen-bond acceptors (Lipinski definition) is 4. The van der Waals surface area contributed by atoms with Crippen molar-refractivity contribution in [3.63, 3.8) is 0 Å². The average Bonchev–Trinajstić information content (AvgIpc) is 2.47. The van der Waals surface area contributed by atoms with Crippen molar-refractivity contribution >= 4 is 11.9 Å². The highest BCUT2D eigenvalue weighted by atomic mass is 16.7. The Hall–Kier alpha value is -2.62. The molecule has 0 saturated carbocycles. The van der Waals surface area contributed by atoms with Crippen LogP contribution in [0.5, 0.6) is 0 Å². The normalized spacial score (nSPS) is 16.8. The molecule has 0 spiro atoms. The Balaban J connectivity index is 2.28. The quantitative estimate of drug-likeness (QED) is 0.631. The molecule has 1 heterocycles. The van der Waals surface area contributed by atoms with Crippen molar-refractivity contribution in [2.75, 3.05) is 0 Å². The van der Waals surface area contributed by atoms with Crippen LogP contribution >= 0.6 is 0 Å². The van der Waals surface area contributed by atoms with Gasteiger partial charge in [0.25, 0.3) is 0 Å². The molecule has 112 valence electrons. The van der Waals surface area contributed by atoms with E-state index in [0.29, 0.717) is 11.1 Å². The molecule has 4 nitrogen and oxygen atoms in total. The predicted octanol–water partition coefficient (Wildman–Crippen LogP) is 2.99. The van der Waals surface area contributed by atoms with Crippen LogP contribution in [0.4, 0.5) is 0 Å². The Morgan fingerprint density at radius 1 is 0.773 bits per heavy atom. The number of rotatable bonds is 2. The maximum Gasteiger partial charge on any atom is 0.320 e. The lowest BCUT2D eigenvalue weighted by molar-refractivity contribution is -0.234. The minimum Gasteiger partial charge on any atom is -0.413 e. The summed E-state index contributed by atoms with van der Waals surface area (Å²) in [6.45, 7) is 3.79. The molecule has 2 aromatic rings. The maximum atomic E-state index is 11.9. The Morgan fingerprint density at radius 3 is 1.59 bits per heavy atom. The molecular formula is C18H16O4. The summed E-state index contributed by atoms with van der Waals surface area (Å²) < 4.78 is 11.2. The molecule has 0 unspecified atom stereocenters. The van der Waals surface area contributed by atoms with Crippen LogP contribution in [0, 0.1) is 13.8 Å². The van der Waals surface area contributed by atoms with Crippen LogP contribution in [-0.4, -0.2) is 11.9 Å². The zero-order valence-electron chi connectivity index (χ0n) is 12.5. The van der Waals surface area contributed by atoms with Crippen molar-refractivity contribution in [1.29, 1.82) is 0 Å². The Kier molecular flexibility index (Phi) is 3.45. The first-order valence-electron chi connectivity index (χ1n) is 7.09. The number of carbonyl (C=O) groups excluding carboxylic acids is 2. The molecule has 1 fully saturated rings. The molecule has 4 heteroatoms. The molecule has 0 atom stereocenters. The first-order chi connectivity index (χ1) is 10.5. The highest BCUT2D eigenvalue weighted by Gasteiger charge is 2.48. The third-order valence-corrected chi connectivity index (χ3v) is 3.80. The molecule has 0 aliphatic carbocycles. The van der Waals surface area contributed by atoms with E-state index in [2.05, 4.69) is 0 Å². The van der Waals surface area contributed by atoms with Crippen molar-refractivity contribution in [2.24, 2.45) is 0 Å². The van der Waals surface area contributed by atoms with Gasteiger partial charge in [-0.25, -0.2) is 0 Å². The van der Waals surface area contributed by atoms with Crippen LogP contribution in [0.2, 0.25) is 0 Å². The van der Waals surface area contributed by atoms with E-state index in [1.165, 1.54) is 0 Å². The Labute approximate surface area is 128 Å². The van der Waals surface area contributed by atoms with Gasteiger partial charge in [-0.05, 0) is 25.0 Å². The summed E-state index contributed by atoms with van der Waals surface area (Å²) in [5.41, 5.74) is 3.08. The van der Waals surface area contributed by atoms with Gasteiger partial charge < -0.3 is 9.47 Å². The van der Waals surface area contributed by atoms with Crippen LogP contribution in [0.1, 0.15) is 28.7 Å². The summed E-state index contributed by atoms with van der Waals surface area (Å²) in [4.78, 5) is 23.9. The van der Waals surface area contributed by atoms with E-state index in [1.807, 2.05) is 62.4 Å². The van der Waals surface area contributed by atoms with Crippen LogP contribution < -0.4 is 0 Å². The SMILES string of the molecule is Cc1ccccc1C1(c2ccccc2C)OC(=O)CC(=O)O1. The largest absolute Gasteiger partial charge is 0.413 e. The van der Waals surface area contributed by atoms with Gasteiger partial charge in [-0.1, -0.05) is 48.5 Å². The van der Waals surface area contributed by atoms with E-state index in [9.17, 15) is 9.59 Å². The van der Waals surface area contributed by atoms with E-state index < -0.39 is 17.7 Å². The van der Waals surface area contributed by atoms with Gasteiger partial charge in [-0.2, -0.15) is 0 Å². The van der Waals surface area contributed by atoms with E-state index in [1.54, 1.807) is 0 Å². The van der Waals surface area contributed by atoms with Gasteiger partial charge in [-0.3, -0.25) is 9.59 Å². The lowest BCUT2D eigenvalue weighted by Gasteiger charge is -2.37. The van der Waals surface area contributed by atoms with Crippen molar-refractivity contribution < 1.29 is 19.1 Å². The maximum absolute atomic E-state index is 11.9. The monoisotopic (exact) mass is 296 g/mol. The molecule has 0 amide bonds. The molecule has 1 aliphatic heterocycles. The molecule has 0 N–H and O–H groups in total. The summed E-state index contributed by atoms with van der Waals surface area (Å²) in [5, 5.41) is 0. The molecule has 0 radical (unpaired) electrons. The molecular weight excluding hydrogens is 280 g/mol. The molecule has 3 rings (SSSR count). The first-order valence-corrected chi connectivity index (χ1v) is 7.09. The molecule has 1 aliphatic rings. The summed E-state index contributed by atoms with van der Waals surface area (Å²) in [7, 11) is 0. The molecule has 0 bridgehead atoms. The second-order valence-electron chi connectivity index (χ2n) is 5.37. The molecule has 0 aromatic heterocycles. The standard InChI is InChI=1S/C18H16O4/c1-12-7-3-5-9-14(12)18(15-10-6-4-8-13(15)2)21-16(19)11-17(20)22-18/h3-10H,11H2,1-2H3. The summed E-state index contributed by atoms with van der Waals surface area (Å²) in [6.07, 6.45) is -0.362. The summed E-state index contributed by atoms with van der Waals surface area (Å²) in [5.74, 6) is -2.67. The smallest absolute Gasteiger partial charge is 0.320 e. The van der Waals surface area contributed by atoms with Crippen molar-refractivity contribution in [2.45, 2.75) is 26.1 Å². The fourth-order valence-corrected chi connectivity index (χ4v) is 2.78. The van der Waals surface area contributed by atoms with Crippen LogP contribution in [0.3, 0.4) is 0 Å². The number of cyclic esters (lactones) is 2. The number of esters is 2. The summed E-state index contributed by atoms with van der Waals surface area (Å²) in [6, 6.07) is 14.9. The second kappa shape index (κ2) is 5.30. The summed E-state index contributed by atoms with van der Waals surface area (Å²) >= 11 is 0. The highest BCUT2D eigenvalue weighted by molar-refractivity contribution is 5.93.